The van der Waals surface area contributed by atoms with E-state index in [4.69, 9.17) is 15.1 Å². The Morgan fingerprint density at radius 2 is 1.87 bits per heavy atom. The zero-order valence-corrected chi connectivity index (χ0v) is 21.7. The lowest BCUT2D eigenvalue weighted by Gasteiger charge is -2.27. The van der Waals surface area contributed by atoms with E-state index in [0.29, 0.717) is 24.3 Å². The number of ether oxygens (including phenoxy) is 1. The topological polar surface area (TPSA) is 158 Å². The summed E-state index contributed by atoms with van der Waals surface area (Å²) in [6.45, 7) is 1.92. The van der Waals surface area contributed by atoms with Gasteiger partial charge in [0.05, 0.1) is 19.7 Å². The SMILES string of the molecule is CC(CCN1Cc2cc(C#Cc3ccc(CN4CC(CO)OC4=O)cc3)cn2C1=O)(C(=O)NO)S(C)(=O)=O. The Bertz CT molecular complexity index is 1420. The van der Waals surface area contributed by atoms with Gasteiger partial charge in [0.15, 0.2) is 14.6 Å². The minimum absolute atomic E-state index is 0.000665. The molecule has 38 heavy (non-hydrogen) atoms. The fraction of sp³-hybridized carbons (Fsp3) is 0.400. The van der Waals surface area contributed by atoms with Crippen LogP contribution in [-0.2, 0) is 32.5 Å². The number of nitrogens with one attached hydrogen (secondary N) is 1. The maximum atomic E-state index is 12.8. The minimum atomic E-state index is -3.86. The lowest BCUT2D eigenvalue weighted by Crippen LogP contribution is -2.50. The number of fused-ring (bicyclic) bond motifs is 1. The first kappa shape index (κ1) is 27.2. The number of hydrogen-bond acceptors (Lipinski definition) is 8. The Kier molecular flexibility index (Phi) is 7.50. The zero-order valence-electron chi connectivity index (χ0n) is 20.9. The molecule has 2 aliphatic rings. The van der Waals surface area contributed by atoms with Crippen molar-refractivity contribution < 1.29 is 37.9 Å². The van der Waals surface area contributed by atoms with Crippen LogP contribution >= 0.6 is 0 Å². The van der Waals surface area contributed by atoms with Crippen molar-refractivity contribution in [2.24, 2.45) is 0 Å². The van der Waals surface area contributed by atoms with Crippen LogP contribution in [0.3, 0.4) is 0 Å². The molecule has 12 nitrogen and oxygen atoms in total. The van der Waals surface area contributed by atoms with Crippen molar-refractivity contribution >= 4 is 27.9 Å². The average Bonchev–Trinajstić information content (AvgIpc) is 3.54. The van der Waals surface area contributed by atoms with Crippen LogP contribution < -0.4 is 5.48 Å². The Balaban J connectivity index is 1.37. The van der Waals surface area contributed by atoms with Gasteiger partial charge in [-0.25, -0.2) is 23.5 Å². The van der Waals surface area contributed by atoms with Crippen LogP contribution in [-0.4, -0.2) is 87.9 Å². The third-order valence-corrected chi connectivity index (χ3v) is 8.85. The van der Waals surface area contributed by atoms with Crippen LogP contribution in [0.5, 0.6) is 0 Å². The summed E-state index contributed by atoms with van der Waals surface area (Å²) < 4.78 is 28.9. The lowest BCUT2D eigenvalue weighted by molar-refractivity contribution is -0.131. The number of nitrogens with zero attached hydrogens (tertiary/aromatic N) is 3. The van der Waals surface area contributed by atoms with Gasteiger partial charge in [-0.05, 0) is 37.1 Å². The van der Waals surface area contributed by atoms with Gasteiger partial charge in [-0.3, -0.25) is 14.6 Å². The van der Waals surface area contributed by atoms with Crippen LogP contribution in [0, 0.1) is 11.8 Å². The standard InChI is InChI=1S/C25H28N4O8S/c1-25(22(31)26-34,38(2,35)36)9-10-27-14-20-11-19(13-29(20)23(27)32)8-5-17-3-6-18(7-4-17)12-28-15-21(16-30)37-24(28)33/h3-4,6-7,11,13,21,30,34H,9-10,12,14-16H2,1-2H3,(H,26,31). The number of aliphatic hydroxyl groups is 1. The van der Waals surface area contributed by atoms with E-state index >= 15 is 0 Å². The van der Waals surface area contributed by atoms with E-state index < -0.39 is 32.7 Å². The number of benzene rings is 1. The fourth-order valence-corrected chi connectivity index (χ4v) is 5.10. The van der Waals surface area contributed by atoms with E-state index in [9.17, 15) is 22.8 Å². The van der Waals surface area contributed by atoms with Gasteiger partial charge in [0.2, 0.25) is 0 Å². The van der Waals surface area contributed by atoms with E-state index in [0.717, 1.165) is 17.4 Å². The molecule has 2 atom stereocenters. The molecule has 1 saturated heterocycles. The summed E-state index contributed by atoms with van der Waals surface area (Å²) in [5, 5.41) is 18.1. The van der Waals surface area contributed by atoms with E-state index in [1.54, 1.807) is 12.3 Å². The molecule has 0 bridgehead atoms. The summed E-state index contributed by atoms with van der Waals surface area (Å²) in [4.78, 5) is 39.6. The van der Waals surface area contributed by atoms with Crippen LogP contribution in [0.1, 0.15) is 35.7 Å². The third kappa shape index (κ3) is 5.38. The number of aromatic nitrogens is 1. The summed E-state index contributed by atoms with van der Waals surface area (Å²) in [5.74, 6) is 5.01. The van der Waals surface area contributed by atoms with Gasteiger partial charge in [0.25, 0.3) is 5.91 Å². The second kappa shape index (κ2) is 10.5. The van der Waals surface area contributed by atoms with Crippen LogP contribution in [0.2, 0.25) is 0 Å². The van der Waals surface area contributed by atoms with E-state index in [-0.39, 0.29) is 32.1 Å². The van der Waals surface area contributed by atoms with Crippen molar-refractivity contribution in [1.82, 2.24) is 19.8 Å². The highest BCUT2D eigenvalue weighted by Gasteiger charge is 2.44. The van der Waals surface area contributed by atoms with Crippen molar-refractivity contribution in [3.63, 3.8) is 0 Å². The predicted octanol–water partition coefficient (Wildman–Crippen LogP) is 0.684. The summed E-state index contributed by atoms with van der Waals surface area (Å²) in [5.41, 5.74) is 4.35. The van der Waals surface area contributed by atoms with Crippen LogP contribution in [0.25, 0.3) is 0 Å². The molecule has 1 fully saturated rings. The third-order valence-electron chi connectivity index (χ3n) is 6.82. The summed E-state index contributed by atoms with van der Waals surface area (Å²) in [6.07, 6.45) is 1.37. The molecule has 13 heteroatoms. The first-order valence-electron chi connectivity index (χ1n) is 11.8. The minimum Gasteiger partial charge on any atom is -0.442 e. The summed E-state index contributed by atoms with van der Waals surface area (Å²) in [6, 6.07) is 8.77. The van der Waals surface area contributed by atoms with E-state index in [1.165, 1.54) is 26.8 Å². The van der Waals surface area contributed by atoms with Gasteiger partial charge in [0, 0.05) is 42.4 Å². The van der Waals surface area contributed by atoms with Crippen LogP contribution in [0.4, 0.5) is 9.59 Å². The van der Waals surface area contributed by atoms with Gasteiger partial charge in [-0.15, -0.1) is 0 Å². The Morgan fingerprint density at radius 3 is 2.45 bits per heavy atom. The molecule has 2 aromatic rings. The van der Waals surface area contributed by atoms with Gasteiger partial charge >= 0.3 is 12.1 Å². The normalized spacial score (nSPS) is 18.5. The first-order valence-corrected chi connectivity index (χ1v) is 13.7. The number of hydroxylamine groups is 1. The number of amides is 3. The quantitative estimate of drug-likeness (QED) is 0.249. The number of sulfone groups is 1. The monoisotopic (exact) mass is 544 g/mol. The molecular formula is C25H28N4O8S. The Labute approximate surface area is 219 Å². The van der Waals surface area contributed by atoms with Crippen molar-refractivity contribution in [2.75, 3.05) is 26.0 Å². The highest BCUT2D eigenvalue weighted by molar-refractivity contribution is 7.92. The molecule has 1 aromatic carbocycles. The molecule has 3 amide bonds. The van der Waals surface area contributed by atoms with Crippen molar-refractivity contribution in [3.05, 3.63) is 58.9 Å². The van der Waals surface area contributed by atoms with Crippen molar-refractivity contribution in [2.45, 2.75) is 37.3 Å². The molecule has 202 valence electrons. The number of hydrogen-bond donors (Lipinski definition) is 3. The smallest absolute Gasteiger partial charge is 0.410 e. The maximum Gasteiger partial charge on any atom is 0.410 e. The molecule has 0 saturated carbocycles. The van der Waals surface area contributed by atoms with Crippen molar-refractivity contribution in [3.8, 4) is 11.8 Å². The van der Waals surface area contributed by atoms with Gasteiger partial charge < -0.3 is 19.6 Å². The molecule has 0 radical (unpaired) electrons. The van der Waals surface area contributed by atoms with E-state index in [2.05, 4.69) is 11.8 Å². The number of rotatable bonds is 8. The van der Waals surface area contributed by atoms with Gasteiger partial charge in [-0.1, -0.05) is 24.0 Å². The number of carbonyl (C=O) groups is 3. The summed E-state index contributed by atoms with van der Waals surface area (Å²) in [7, 11) is -3.86. The highest BCUT2D eigenvalue weighted by atomic mass is 32.2. The highest BCUT2D eigenvalue weighted by Crippen LogP contribution is 2.25. The summed E-state index contributed by atoms with van der Waals surface area (Å²) >= 11 is 0. The molecule has 0 aliphatic carbocycles. The molecule has 0 spiro atoms. The van der Waals surface area contributed by atoms with Gasteiger partial charge in [0.1, 0.15) is 6.10 Å². The second-order valence-electron chi connectivity index (χ2n) is 9.50. The molecular weight excluding hydrogens is 516 g/mol. The first-order chi connectivity index (χ1) is 17.9. The largest absolute Gasteiger partial charge is 0.442 e. The molecule has 2 unspecified atom stereocenters. The van der Waals surface area contributed by atoms with Gasteiger partial charge in [-0.2, -0.15) is 0 Å². The van der Waals surface area contributed by atoms with E-state index in [1.807, 2.05) is 24.3 Å². The molecule has 3 N–H and O–H groups in total. The number of aliphatic hydroxyl groups excluding tert-OH is 1. The Morgan fingerprint density at radius 1 is 1.18 bits per heavy atom. The fourth-order valence-electron chi connectivity index (χ4n) is 4.26. The van der Waals surface area contributed by atoms with Crippen molar-refractivity contribution in [1.29, 1.82) is 0 Å². The molecule has 3 heterocycles. The molecule has 4 rings (SSSR count). The number of carbonyl (C=O) groups excluding carboxylic acids is 3. The molecule has 1 aromatic heterocycles. The maximum absolute atomic E-state index is 12.8. The lowest BCUT2D eigenvalue weighted by atomic mass is 10.1. The predicted molar refractivity (Wildman–Crippen MR) is 134 cm³/mol. The number of cyclic esters (lactones) is 1. The van der Waals surface area contributed by atoms with Crippen LogP contribution in [0.15, 0.2) is 36.5 Å². The molecule has 2 aliphatic heterocycles. The zero-order chi connectivity index (χ0) is 27.7. The second-order valence-corrected chi connectivity index (χ2v) is 11.9. The average molecular weight is 545 g/mol. The Hall–Kier alpha value is -3.86.